The summed E-state index contributed by atoms with van der Waals surface area (Å²) in [5.74, 6) is 0. The van der Waals surface area contributed by atoms with Crippen LogP contribution in [-0.2, 0) is 6.54 Å². The van der Waals surface area contributed by atoms with Crippen LogP contribution in [0.3, 0.4) is 0 Å². The second-order valence-corrected chi connectivity index (χ2v) is 3.10. The van der Waals surface area contributed by atoms with Gasteiger partial charge in [0.25, 0.3) is 0 Å². The molecule has 0 unspecified atom stereocenters. The zero-order valence-corrected chi connectivity index (χ0v) is 9.44. The Morgan fingerprint density at radius 2 is 2.27 bits per heavy atom. The van der Waals surface area contributed by atoms with Gasteiger partial charge in [-0.15, -0.1) is 12.4 Å². The summed E-state index contributed by atoms with van der Waals surface area (Å²) < 4.78 is 24.9. The first-order valence-electron chi connectivity index (χ1n) is 4.77. The van der Waals surface area contributed by atoms with E-state index in [1.165, 1.54) is 6.20 Å². The second kappa shape index (κ2) is 7.59. The van der Waals surface area contributed by atoms with Gasteiger partial charge in [0.15, 0.2) is 0 Å². The first kappa shape index (κ1) is 14.3. The maximum Gasteiger partial charge on any atom is 0.333 e. The molecule has 0 aliphatic carbocycles. The van der Waals surface area contributed by atoms with Crippen molar-refractivity contribution in [2.75, 3.05) is 6.54 Å². The zero-order chi connectivity index (χ0) is 10.4. The van der Waals surface area contributed by atoms with E-state index in [2.05, 4.69) is 17.3 Å². The van der Waals surface area contributed by atoms with Crippen molar-refractivity contribution in [1.29, 1.82) is 0 Å². The van der Waals surface area contributed by atoms with Gasteiger partial charge in [0.2, 0.25) is 0 Å². The van der Waals surface area contributed by atoms with Crippen LogP contribution in [0.5, 0.6) is 0 Å². The molecule has 0 saturated carbocycles. The Labute approximate surface area is 94.3 Å². The molecule has 0 bridgehead atoms. The number of nitrogens with zero attached hydrogens (tertiary/aromatic N) is 2. The summed E-state index contributed by atoms with van der Waals surface area (Å²) in [6.07, 6.45) is 3.51. The smallest absolute Gasteiger partial charge is 0.311 e. The first-order valence-corrected chi connectivity index (χ1v) is 4.77. The summed E-state index contributed by atoms with van der Waals surface area (Å²) in [6, 6.07) is 1.60. The molecule has 1 N–H and O–H groups in total. The van der Waals surface area contributed by atoms with Crippen LogP contribution in [0.15, 0.2) is 12.3 Å². The van der Waals surface area contributed by atoms with Gasteiger partial charge in [-0.1, -0.05) is 13.3 Å². The highest BCUT2D eigenvalue weighted by Gasteiger charge is 2.06. The van der Waals surface area contributed by atoms with Gasteiger partial charge in [-0.3, -0.25) is 0 Å². The fourth-order valence-corrected chi connectivity index (χ4v) is 1.10. The Bertz CT molecular complexity index is 266. The Kier molecular flexibility index (Phi) is 7.25. The summed E-state index contributed by atoms with van der Waals surface area (Å²) in [4.78, 5) is 0. The third-order valence-corrected chi connectivity index (χ3v) is 1.88. The molecule has 1 aromatic rings. The van der Waals surface area contributed by atoms with Gasteiger partial charge in [-0.2, -0.15) is 13.9 Å². The molecule has 6 heteroatoms. The fraction of sp³-hybridized carbons (Fsp3) is 0.667. The maximum absolute atomic E-state index is 12.1. The Morgan fingerprint density at radius 3 is 2.80 bits per heavy atom. The fourth-order valence-electron chi connectivity index (χ4n) is 1.10. The Balaban J connectivity index is 0.00000196. The molecule has 0 atom stereocenters. The number of rotatable bonds is 6. The molecular weight excluding hydrogens is 224 g/mol. The summed E-state index contributed by atoms with van der Waals surface area (Å²) >= 11 is 0. The third kappa shape index (κ3) is 5.09. The van der Waals surface area contributed by atoms with Crippen LogP contribution in [0.1, 0.15) is 32.0 Å². The lowest BCUT2D eigenvalue weighted by molar-refractivity contribution is 0.0561. The summed E-state index contributed by atoms with van der Waals surface area (Å²) in [6.45, 7) is 1.02. The largest absolute Gasteiger partial charge is 0.333 e. The predicted octanol–water partition coefficient (Wildman–Crippen LogP) is 2.59. The van der Waals surface area contributed by atoms with Crippen LogP contribution in [0.4, 0.5) is 8.78 Å². The number of halogens is 3. The number of aromatic nitrogens is 2. The van der Waals surface area contributed by atoms with Crippen molar-refractivity contribution < 1.29 is 8.78 Å². The molecule has 0 spiro atoms. The van der Waals surface area contributed by atoms with Crippen LogP contribution in [-0.4, -0.2) is 16.3 Å². The maximum atomic E-state index is 12.1. The minimum atomic E-state index is -2.54. The third-order valence-electron chi connectivity index (χ3n) is 1.88. The average molecular weight is 240 g/mol. The van der Waals surface area contributed by atoms with Gasteiger partial charge >= 0.3 is 6.55 Å². The van der Waals surface area contributed by atoms with Crippen molar-refractivity contribution in [3.8, 4) is 0 Å². The summed E-state index contributed by atoms with van der Waals surface area (Å²) in [7, 11) is 0. The van der Waals surface area contributed by atoms with E-state index in [1.807, 2.05) is 0 Å². The Hall–Kier alpha value is -0.680. The van der Waals surface area contributed by atoms with E-state index in [1.54, 1.807) is 6.07 Å². The number of unbranched alkanes of at least 4 members (excludes halogenated alkanes) is 1. The van der Waals surface area contributed by atoms with Gasteiger partial charge in [0.1, 0.15) is 0 Å². The number of hydrogen-bond acceptors (Lipinski definition) is 2. The quantitative estimate of drug-likeness (QED) is 0.774. The highest BCUT2D eigenvalue weighted by Crippen LogP contribution is 2.08. The van der Waals surface area contributed by atoms with Crippen LogP contribution in [0.25, 0.3) is 0 Å². The van der Waals surface area contributed by atoms with E-state index in [0.717, 1.165) is 19.4 Å². The van der Waals surface area contributed by atoms with Gasteiger partial charge in [-0.05, 0) is 19.0 Å². The molecule has 0 radical (unpaired) electrons. The van der Waals surface area contributed by atoms with E-state index in [-0.39, 0.29) is 12.4 Å². The van der Waals surface area contributed by atoms with Crippen molar-refractivity contribution in [1.82, 2.24) is 15.1 Å². The number of alkyl halides is 2. The Morgan fingerprint density at radius 1 is 1.53 bits per heavy atom. The number of hydrogen-bond donors (Lipinski definition) is 1. The molecule has 0 fully saturated rings. The summed E-state index contributed by atoms with van der Waals surface area (Å²) in [5.41, 5.74) is 0.654. The molecule has 15 heavy (non-hydrogen) atoms. The van der Waals surface area contributed by atoms with Gasteiger partial charge in [0.05, 0.1) is 5.69 Å². The SMILES string of the molecule is CCCCNCc1ccn(C(F)F)n1.Cl. The molecule has 0 aliphatic rings. The van der Waals surface area contributed by atoms with Gasteiger partial charge in [0, 0.05) is 12.7 Å². The molecule has 1 rings (SSSR count). The number of nitrogens with one attached hydrogen (secondary N) is 1. The molecule has 88 valence electrons. The monoisotopic (exact) mass is 239 g/mol. The molecule has 0 saturated heterocycles. The molecule has 3 nitrogen and oxygen atoms in total. The van der Waals surface area contributed by atoms with E-state index in [4.69, 9.17) is 0 Å². The van der Waals surface area contributed by atoms with Gasteiger partial charge in [-0.25, -0.2) is 4.68 Å². The van der Waals surface area contributed by atoms with E-state index < -0.39 is 6.55 Å². The van der Waals surface area contributed by atoms with Crippen molar-refractivity contribution in [3.05, 3.63) is 18.0 Å². The minimum Gasteiger partial charge on any atom is -0.311 e. The molecule has 0 amide bonds. The van der Waals surface area contributed by atoms with Crippen LogP contribution < -0.4 is 5.32 Å². The lowest BCUT2D eigenvalue weighted by Crippen LogP contribution is -2.15. The van der Waals surface area contributed by atoms with E-state index in [0.29, 0.717) is 16.9 Å². The highest BCUT2D eigenvalue weighted by molar-refractivity contribution is 5.85. The van der Waals surface area contributed by atoms with Crippen molar-refractivity contribution in [3.63, 3.8) is 0 Å². The topological polar surface area (TPSA) is 29.9 Å². The van der Waals surface area contributed by atoms with Crippen molar-refractivity contribution in [2.24, 2.45) is 0 Å². The van der Waals surface area contributed by atoms with Crippen LogP contribution >= 0.6 is 12.4 Å². The normalized spacial score (nSPS) is 10.4. The lowest BCUT2D eigenvalue weighted by Gasteiger charge is -2.00. The lowest BCUT2D eigenvalue weighted by atomic mass is 10.3. The van der Waals surface area contributed by atoms with E-state index in [9.17, 15) is 8.78 Å². The molecular formula is C9H16ClF2N3. The second-order valence-electron chi connectivity index (χ2n) is 3.10. The minimum absolute atomic E-state index is 0. The van der Waals surface area contributed by atoms with E-state index >= 15 is 0 Å². The molecule has 1 heterocycles. The van der Waals surface area contributed by atoms with Crippen molar-refractivity contribution in [2.45, 2.75) is 32.9 Å². The van der Waals surface area contributed by atoms with Crippen LogP contribution in [0.2, 0.25) is 0 Å². The van der Waals surface area contributed by atoms with Gasteiger partial charge < -0.3 is 5.32 Å². The standard InChI is InChI=1S/C9H15F2N3.ClH/c1-2-3-5-12-7-8-4-6-14(13-8)9(10)11;/h4,6,9,12H,2-3,5,7H2,1H3;1H. The zero-order valence-electron chi connectivity index (χ0n) is 8.62. The molecule has 0 aromatic carbocycles. The predicted molar refractivity (Wildman–Crippen MR) is 57.3 cm³/mol. The summed E-state index contributed by atoms with van der Waals surface area (Å²) in [5, 5.41) is 6.85. The van der Waals surface area contributed by atoms with Crippen molar-refractivity contribution >= 4 is 12.4 Å². The molecule has 1 aromatic heterocycles. The average Bonchev–Trinajstić information content (AvgIpc) is 2.61. The first-order chi connectivity index (χ1) is 6.74. The molecule has 0 aliphatic heterocycles. The highest BCUT2D eigenvalue weighted by atomic mass is 35.5. The van der Waals surface area contributed by atoms with Crippen LogP contribution in [0, 0.1) is 0 Å².